The van der Waals surface area contributed by atoms with Gasteiger partial charge >= 0.3 is 0 Å². The Morgan fingerprint density at radius 2 is 0.646 bits per heavy atom. The summed E-state index contributed by atoms with van der Waals surface area (Å²) in [6.07, 6.45) is 4.45. The van der Waals surface area contributed by atoms with Crippen LogP contribution in [0, 0.1) is 0 Å². The van der Waals surface area contributed by atoms with Crippen LogP contribution in [0.5, 0.6) is 0 Å². The summed E-state index contributed by atoms with van der Waals surface area (Å²) in [7, 11) is -8.17. The lowest BCUT2D eigenvalue weighted by Gasteiger charge is -2.54. The van der Waals surface area contributed by atoms with Crippen molar-refractivity contribution >= 4 is 61.6 Å². The summed E-state index contributed by atoms with van der Waals surface area (Å²) in [6.45, 7) is 7.15. The van der Waals surface area contributed by atoms with Crippen molar-refractivity contribution in [1.29, 1.82) is 0 Å². The largest absolute Gasteiger partial charge is 0.387 e. The van der Waals surface area contributed by atoms with Crippen LogP contribution in [0.2, 0.25) is 19.6 Å². The monoisotopic (exact) mass is 671 g/mol. The van der Waals surface area contributed by atoms with E-state index in [1.54, 1.807) is 0 Å². The Morgan fingerprint density at radius 3 is 0.854 bits per heavy atom. The van der Waals surface area contributed by atoms with Crippen LogP contribution < -0.4 is 35.4 Å². The molecule has 48 heavy (non-hydrogen) atoms. The quantitative estimate of drug-likeness (QED) is 0.137. The average molecular weight is 672 g/mol. The molecule has 7 aromatic rings. The smallest absolute Gasteiger partial charge is 0.247 e. The minimum atomic E-state index is -3.19. The van der Waals surface area contributed by atoms with Crippen molar-refractivity contribution in [3.05, 3.63) is 195 Å². The summed E-state index contributed by atoms with van der Waals surface area (Å²) in [6, 6.07) is 67.6. The van der Waals surface area contributed by atoms with Gasteiger partial charge in [-0.05, 0) is 31.1 Å². The van der Waals surface area contributed by atoms with Crippen molar-refractivity contribution in [3.8, 4) is 0 Å². The maximum Gasteiger partial charge on any atom is 0.247 e. The molecular weight excluding hydrogens is 631 g/mol. The van der Waals surface area contributed by atoms with Gasteiger partial charge in [-0.2, -0.15) is 0 Å². The van der Waals surface area contributed by atoms with E-state index in [1.165, 1.54) is 31.1 Å². The molecule has 1 heterocycles. The summed E-state index contributed by atoms with van der Waals surface area (Å²) in [5.41, 5.74) is 0. The van der Waals surface area contributed by atoms with Crippen LogP contribution in [-0.4, -0.2) is 33.9 Å². The number of aromatic nitrogens is 2. The van der Waals surface area contributed by atoms with Crippen LogP contribution in [0.3, 0.4) is 0 Å². The van der Waals surface area contributed by atoms with E-state index in [1.807, 2.05) is 0 Å². The van der Waals surface area contributed by atoms with Crippen LogP contribution in [0.15, 0.2) is 195 Å². The molecule has 6 aromatic carbocycles. The highest BCUT2D eigenvalue weighted by Crippen LogP contribution is 2.29. The Morgan fingerprint density at radius 1 is 0.396 bits per heavy atom. The van der Waals surface area contributed by atoms with Gasteiger partial charge in [0.2, 0.25) is 16.5 Å². The molecule has 0 amide bonds. The molecule has 3 nitrogen and oxygen atoms in total. The Labute approximate surface area is 288 Å². The zero-order valence-electron chi connectivity index (χ0n) is 27.8. The van der Waals surface area contributed by atoms with Crippen LogP contribution in [0.1, 0.15) is 0 Å². The molecule has 6 heteroatoms. The molecule has 0 atom stereocenters. The second-order valence-corrected chi connectivity index (χ2v) is 25.8. The maximum absolute atomic E-state index is 5.46. The maximum atomic E-state index is 5.46. The predicted molar refractivity (Wildman–Crippen MR) is 211 cm³/mol. The molecule has 1 aromatic heterocycles. The number of nitrogens with zero attached hydrogens (tertiary/aromatic N) is 3. The Kier molecular flexibility index (Phi) is 8.71. The van der Waals surface area contributed by atoms with Gasteiger partial charge in [-0.15, -0.1) is 0 Å². The van der Waals surface area contributed by atoms with Crippen LogP contribution in [-0.2, 0) is 0 Å². The molecule has 236 valence electrons. The van der Waals surface area contributed by atoms with Crippen LogP contribution in [0.4, 0.5) is 5.82 Å². The van der Waals surface area contributed by atoms with E-state index in [-0.39, 0.29) is 0 Å². The van der Waals surface area contributed by atoms with Crippen LogP contribution >= 0.6 is 0 Å². The number of hydrogen-bond donors (Lipinski definition) is 0. The van der Waals surface area contributed by atoms with E-state index in [0.29, 0.717) is 0 Å². The second-order valence-electron chi connectivity index (χ2n) is 13.3. The zero-order chi connectivity index (χ0) is 33.0. The van der Waals surface area contributed by atoms with Gasteiger partial charge in [-0.25, -0.2) is 4.98 Å². The lowest BCUT2D eigenvalue weighted by Crippen LogP contribution is -2.91. The molecule has 0 fully saturated rings. The SMILES string of the molecule is C[Si](C)(C)n1cnc(N([Si](c2ccccc2)(c2ccccc2)c2ccccc2)[Si](c2ccccc2)(c2ccccc2)c2ccccc2)c1. The minimum absolute atomic E-state index is 1.02. The first-order valence-electron chi connectivity index (χ1n) is 16.6. The number of anilines is 1. The molecule has 0 bridgehead atoms. The molecule has 0 saturated carbocycles. The summed E-state index contributed by atoms with van der Waals surface area (Å²) < 4.78 is 5.31. The summed E-state index contributed by atoms with van der Waals surface area (Å²) >= 11 is 0. The lowest BCUT2D eigenvalue weighted by atomic mass is 10.3. The fourth-order valence-electron chi connectivity index (χ4n) is 7.24. The normalized spacial score (nSPS) is 12.1. The molecule has 0 unspecified atom stereocenters. The molecule has 0 N–H and O–H groups in total. The van der Waals surface area contributed by atoms with Gasteiger partial charge in [-0.3, -0.25) is 0 Å². The Bertz CT molecular complexity index is 1730. The number of benzene rings is 6. The Balaban J connectivity index is 1.77. The van der Waals surface area contributed by atoms with Gasteiger partial charge in [0, 0.05) is 6.20 Å². The molecule has 0 radical (unpaired) electrons. The van der Waals surface area contributed by atoms with Gasteiger partial charge in [0.25, 0.3) is 0 Å². The highest BCUT2D eigenvalue weighted by atomic mass is 28.4. The third kappa shape index (κ3) is 5.42. The van der Waals surface area contributed by atoms with Gasteiger partial charge in [-0.1, -0.05) is 202 Å². The van der Waals surface area contributed by atoms with Crippen molar-refractivity contribution in [1.82, 2.24) is 9.22 Å². The van der Waals surface area contributed by atoms with Gasteiger partial charge in [0.1, 0.15) is 5.82 Å². The van der Waals surface area contributed by atoms with Crippen LogP contribution in [0.25, 0.3) is 0 Å². The zero-order valence-corrected chi connectivity index (χ0v) is 30.8. The van der Waals surface area contributed by atoms with Gasteiger partial charge in [0.05, 0.1) is 6.33 Å². The topological polar surface area (TPSA) is 21.1 Å². The van der Waals surface area contributed by atoms with Gasteiger partial charge < -0.3 is 8.46 Å². The first kappa shape index (κ1) is 31.6. The molecule has 0 spiro atoms. The predicted octanol–water partition coefficient (Wildman–Crippen LogP) is 5.71. The third-order valence-electron chi connectivity index (χ3n) is 9.39. The first-order valence-corrected chi connectivity index (χ1v) is 24.0. The first-order chi connectivity index (χ1) is 23.5. The third-order valence-corrected chi connectivity index (χ3v) is 22.0. The fourth-order valence-corrected chi connectivity index (χ4v) is 21.0. The molecular formula is C42H41N3Si3. The molecule has 0 aliphatic carbocycles. The summed E-state index contributed by atoms with van der Waals surface area (Å²) in [5.74, 6) is 1.02. The second kappa shape index (κ2) is 13.2. The molecule has 0 saturated heterocycles. The standard InChI is InChI=1S/C42H41N3Si3/c1-46(2,3)44-34-42(43-35-44)45(47(36-22-10-4-11-23-36,37-24-12-5-13-25-37)38-26-14-6-15-27-38)48(39-28-16-7-17-29-39,40-30-18-8-19-31-40)41-32-20-9-21-33-41/h4-35H,1-3H3. The van der Waals surface area contributed by atoms with Crippen molar-refractivity contribution in [2.24, 2.45) is 0 Å². The Hall–Kier alpha value is -5.02. The molecule has 0 aliphatic heterocycles. The number of imidazole rings is 1. The summed E-state index contributed by atoms with van der Waals surface area (Å²) in [5, 5.41) is 7.94. The number of hydrogen-bond acceptors (Lipinski definition) is 2. The van der Waals surface area contributed by atoms with E-state index in [4.69, 9.17) is 4.98 Å². The van der Waals surface area contributed by atoms with E-state index >= 15 is 0 Å². The van der Waals surface area contributed by atoms with Crippen molar-refractivity contribution < 1.29 is 0 Å². The highest BCUT2D eigenvalue weighted by Gasteiger charge is 2.58. The highest BCUT2D eigenvalue weighted by molar-refractivity contribution is 7.29. The average Bonchev–Trinajstić information content (AvgIpc) is 3.65. The minimum Gasteiger partial charge on any atom is -0.387 e. The lowest BCUT2D eigenvalue weighted by molar-refractivity contribution is 1.12. The molecule has 7 rings (SSSR count). The van der Waals surface area contributed by atoms with Gasteiger partial charge in [0.15, 0.2) is 8.24 Å². The summed E-state index contributed by atoms with van der Waals surface area (Å²) in [4.78, 5) is 5.46. The number of rotatable bonds is 10. The van der Waals surface area contributed by atoms with Crippen molar-refractivity contribution in [2.75, 3.05) is 4.23 Å². The van der Waals surface area contributed by atoms with E-state index in [2.05, 4.69) is 223 Å². The van der Waals surface area contributed by atoms with Crippen molar-refractivity contribution in [3.63, 3.8) is 0 Å². The van der Waals surface area contributed by atoms with E-state index in [0.717, 1.165) is 5.82 Å². The van der Waals surface area contributed by atoms with E-state index in [9.17, 15) is 0 Å². The molecule has 0 aliphatic rings. The van der Waals surface area contributed by atoms with E-state index < -0.39 is 24.7 Å². The fraction of sp³-hybridized carbons (Fsp3) is 0.0714. The van der Waals surface area contributed by atoms with Crippen molar-refractivity contribution in [2.45, 2.75) is 19.6 Å².